The number of carboxylic acid groups (broad SMARTS) is 1. The van der Waals surface area contributed by atoms with Gasteiger partial charge in [-0.2, -0.15) is 0 Å². The first-order chi connectivity index (χ1) is 14.4. The van der Waals surface area contributed by atoms with Gasteiger partial charge in [-0.25, -0.2) is 4.79 Å². The lowest BCUT2D eigenvalue weighted by Gasteiger charge is -2.27. The van der Waals surface area contributed by atoms with E-state index in [1.807, 2.05) is 26.0 Å². The Morgan fingerprint density at radius 1 is 1.07 bits per heavy atom. The summed E-state index contributed by atoms with van der Waals surface area (Å²) in [6.07, 6.45) is 8.43. The van der Waals surface area contributed by atoms with Crippen LogP contribution in [0.2, 0.25) is 0 Å². The molecule has 0 heterocycles. The van der Waals surface area contributed by atoms with Crippen LogP contribution < -0.4 is 4.74 Å². The van der Waals surface area contributed by atoms with Crippen molar-refractivity contribution in [2.24, 2.45) is 0 Å². The normalized spacial score (nSPS) is 14.9. The summed E-state index contributed by atoms with van der Waals surface area (Å²) in [7, 11) is 0. The third-order valence-electron chi connectivity index (χ3n) is 5.37. The lowest BCUT2D eigenvalue weighted by Crippen LogP contribution is -2.16. The Bertz CT molecular complexity index is 938. The summed E-state index contributed by atoms with van der Waals surface area (Å²) in [4.78, 5) is 24.5. The topological polar surface area (TPSA) is 63.6 Å². The fourth-order valence-corrected chi connectivity index (χ4v) is 4.24. The average Bonchev–Trinajstić information content (AvgIpc) is 2.73. The third kappa shape index (κ3) is 5.39. The third-order valence-corrected chi connectivity index (χ3v) is 5.90. The Morgan fingerprint density at radius 2 is 1.73 bits per heavy atom. The van der Waals surface area contributed by atoms with Crippen LogP contribution in [0.15, 0.2) is 46.9 Å². The van der Waals surface area contributed by atoms with Gasteiger partial charge >= 0.3 is 5.97 Å². The molecule has 2 aromatic carbocycles. The average molecular weight is 471 g/mol. The largest absolute Gasteiger partial charge is 0.490 e. The number of carbonyl (C=O) groups excluding carboxylic acids is 1. The van der Waals surface area contributed by atoms with Gasteiger partial charge in [0.25, 0.3) is 0 Å². The molecule has 0 bridgehead atoms. The Hall–Kier alpha value is -2.40. The molecule has 0 saturated heterocycles. The Morgan fingerprint density at radius 3 is 2.33 bits per heavy atom. The molecule has 0 aromatic heterocycles. The van der Waals surface area contributed by atoms with Crippen LogP contribution >= 0.6 is 15.9 Å². The standard InChI is InChI=1S/C25H27BrO4/c1-16(2)30-24-19(11-15-22(27)17-8-12-20(26)13-9-17)10-14-21(25(28)29)23(24)18-6-4-3-5-7-18/h8-16,18H,3-7H2,1-2H3,(H,28,29)/b15-11+. The van der Waals surface area contributed by atoms with E-state index >= 15 is 0 Å². The molecule has 5 heteroatoms. The first kappa shape index (κ1) is 22.3. The zero-order valence-electron chi connectivity index (χ0n) is 17.4. The molecule has 0 atom stereocenters. The van der Waals surface area contributed by atoms with Gasteiger partial charge in [-0.05, 0) is 75.1 Å². The Labute approximate surface area is 186 Å². The summed E-state index contributed by atoms with van der Waals surface area (Å²) in [5.74, 6) is -0.295. The van der Waals surface area contributed by atoms with E-state index in [-0.39, 0.29) is 17.8 Å². The monoisotopic (exact) mass is 470 g/mol. The van der Waals surface area contributed by atoms with Crippen molar-refractivity contribution in [1.82, 2.24) is 0 Å². The van der Waals surface area contributed by atoms with Gasteiger partial charge in [-0.1, -0.05) is 41.3 Å². The number of halogens is 1. The predicted molar refractivity (Wildman–Crippen MR) is 122 cm³/mol. The fraction of sp³-hybridized carbons (Fsp3) is 0.360. The van der Waals surface area contributed by atoms with Crippen LogP contribution in [0.25, 0.3) is 6.08 Å². The van der Waals surface area contributed by atoms with Crippen LogP contribution in [0.4, 0.5) is 0 Å². The highest BCUT2D eigenvalue weighted by atomic mass is 79.9. The van der Waals surface area contributed by atoms with Crippen LogP contribution in [0, 0.1) is 0 Å². The highest BCUT2D eigenvalue weighted by molar-refractivity contribution is 9.10. The van der Waals surface area contributed by atoms with Gasteiger partial charge in [0.2, 0.25) is 0 Å². The number of aromatic carboxylic acids is 1. The van der Waals surface area contributed by atoms with Crippen LogP contribution in [0.1, 0.15) is 83.7 Å². The van der Waals surface area contributed by atoms with Gasteiger partial charge in [0.05, 0.1) is 11.7 Å². The van der Waals surface area contributed by atoms with E-state index < -0.39 is 5.97 Å². The minimum atomic E-state index is -0.939. The van der Waals surface area contributed by atoms with Gasteiger partial charge in [0, 0.05) is 21.2 Å². The van der Waals surface area contributed by atoms with Crippen LogP contribution in [0.3, 0.4) is 0 Å². The second-order valence-corrected chi connectivity index (χ2v) is 8.87. The molecular formula is C25H27BrO4. The van der Waals surface area contributed by atoms with Crippen molar-refractivity contribution in [3.05, 3.63) is 69.2 Å². The lowest BCUT2D eigenvalue weighted by molar-refractivity contribution is 0.0693. The van der Waals surface area contributed by atoms with Crippen molar-refractivity contribution in [3.8, 4) is 5.75 Å². The number of carbonyl (C=O) groups is 2. The number of allylic oxidation sites excluding steroid dienone is 1. The second kappa shape index (κ2) is 10.1. The van der Waals surface area contributed by atoms with Crippen molar-refractivity contribution in [2.75, 3.05) is 0 Å². The van der Waals surface area contributed by atoms with Crippen molar-refractivity contribution in [3.63, 3.8) is 0 Å². The zero-order chi connectivity index (χ0) is 21.7. The molecule has 1 N–H and O–H groups in total. The Kier molecular flexibility index (Phi) is 7.48. The minimum absolute atomic E-state index is 0.106. The molecule has 1 aliphatic carbocycles. The molecule has 158 valence electrons. The summed E-state index contributed by atoms with van der Waals surface area (Å²) < 4.78 is 7.06. The van der Waals surface area contributed by atoms with Gasteiger partial charge in [-0.3, -0.25) is 4.79 Å². The van der Waals surface area contributed by atoms with Crippen LogP contribution in [0.5, 0.6) is 5.75 Å². The van der Waals surface area contributed by atoms with Gasteiger partial charge in [0.1, 0.15) is 5.75 Å². The van der Waals surface area contributed by atoms with Crippen LogP contribution in [-0.2, 0) is 0 Å². The van der Waals surface area contributed by atoms with E-state index in [4.69, 9.17) is 4.74 Å². The van der Waals surface area contributed by atoms with Gasteiger partial charge in [-0.15, -0.1) is 0 Å². The fourth-order valence-electron chi connectivity index (χ4n) is 3.97. The van der Waals surface area contributed by atoms with Crippen molar-refractivity contribution >= 4 is 33.8 Å². The maximum atomic E-state index is 12.6. The molecule has 0 unspecified atom stereocenters. The molecule has 0 radical (unpaired) electrons. The first-order valence-electron chi connectivity index (χ1n) is 10.4. The molecule has 0 spiro atoms. The maximum Gasteiger partial charge on any atom is 0.336 e. The van der Waals surface area contributed by atoms with Gasteiger partial charge in [0.15, 0.2) is 5.78 Å². The quantitative estimate of drug-likeness (QED) is 0.353. The summed E-state index contributed by atoms with van der Waals surface area (Å²) in [5, 5.41) is 9.80. The molecule has 30 heavy (non-hydrogen) atoms. The second-order valence-electron chi connectivity index (χ2n) is 7.96. The lowest BCUT2D eigenvalue weighted by atomic mass is 9.80. The van der Waals surface area contributed by atoms with E-state index in [1.54, 1.807) is 30.3 Å². The van der Waals surface area contributed by atoms with E-state index in [1.165, 1.54) is 12.5 Å². The number of rotatable bonds is 7. The summed E-state index contributed by atoms with van der Waals surface area (Å²) in [6, 6.07) is 10.6. The van der Waals surface area contributed by atoms with E-state index in [0.29, 0.717) is 16.9 Å². The Balaban J connectivity index is 2.03. The highest BCUT2D eigenvalue weighted by Crippen LogP contribution is 2.42. The van der Waals surface area contributed by atoms with Crippen molar-refractivity contribution < 1.29 is 19.4 Å². The molecule has 0 amide bonds. The highest BCUT2D eigenvalue weighted by Gasteiger charge is 2.27. The van der Waals surface area contributed by atoms with E-state index in [0.717, 1.165) is 41.3 Å². The predicted octanol–water partition coefficient (Wildman–Crippen LogP) is 6.88. The molecular weight excluding hydrogens is 444 g/mol. The van der Waals surface area contributed by atoms with Gasteiger partial charge < -0.3 is 9.84 Å². The van der Waals surface area contributed by atoms with E-state index in [9.17, 15) is 14.7 Å². The summed E-state index contributed by atoms with van der Waals surface area (Å²) in [5.41, 5.74) is 2.40. The molecule has 3 rings (SSSR count). The molecule has 0 aliphatic heterocycles. The van der Waals surface area contributed by atoms with Crippen molar-refractivity contribution in [1.29, 1.82) is 0 Å². The smallest absolute Gasteiger partial charge is 0.336 e. The van der Waals surface area contributed by atoms with E-state index in [2.05, 4.69) is 15.9 Å². The molecule has 1 saturated carbocycles. The van der Waals surface area contributed by atoms with Crippen molar-refractivity contribution in [2.45, 2.75) is 58.0 Å². The number of ketones is 1. The molecule has 1 aliphatic rings. The zero-order valence-corrected chi connectivity index (χ0v) is 18.9. The molecule has 2 aromatic rings. The number of carboxylic acids is 1. The van der Waals surface area contributed by atoms with Crippen LogP contribution in [-0.4, -0.2) is 23.0 Å². The first-order valence-corrected chi connectivity index (χ1v) is 11.2. The number of hydrogen-bond donors (Lipinski definition) is 1. The summed E-state index contributed by atoms with van der Waals surface area (Å²) in [6.45, 7) is 3.86. The summed E-state index contributed by atoms with van der Waals surface area (Å²) >= 11 is 3.37. The number of ether oxygens (including phenoxy) is 1. The SMILES string of the molecule is CC(C)Oc1c(/C=C/C(=O)c2ccc(Br)cc2)ccc(C(=O)O)c1C1CCCCC1. The molecule has 1 fully saturated rings. The minimum Gasteiger partial charge on any atom is -0.490 e. The number of benzene rings is 2. The number of hydrogen-bond acceptors (Lipinski definition) is 3. The molecule has 4 nitrogen and oxygen atoms in total. The maximum absolute atomic E-state index is 12.6.